The van der Waals surface area contributed by atoms with E-state index in [2.05, 4.69) is 103 Å². The molecule has 0 spiro atoms. The van der Waals surface area contributed by atoms with Crippen LogP contribution < -0.4 is 10.6 Å². The van der Waals surface area contributed by atoms with Gasteiger partial charge in [0.15, 0.2) is 6.17 Å². The summed E-state index contributed by atoms with van der Waals surface area (Å²) in [5.74, 6) is 0. The molecule has 4 rings (SSSR count). The summed E-state index contributed by atoms with van der Waals surface area (Å²) in [7, 11) is 2.13. The third-order valence-electron chi connectivity index (χ3n) is 5.02. The lowest BCUT2D eigenvalue weighted by molar-refractivity contribution is -0.00791. The second-order valence-electron chi connectivity index (χ2n) is 6.64. The molecule has 1 aliphatic heterocycles. The number of rotatable bonds is 4. The van der Waals surface area contributed by atoms with Gasteiger partial charge in [0.2, 0.25) is 0 Å². The summed E-state index contributed by atoms with van der Waals surface area (Å²) in [6.45, 7) is 2.23. The smallest absolute Gasteiger partial charge is 0.161 e. The minimum atomic E-state index is -0.0673. The maximum atomic E-state index is 5.05. The lowest BCUT2D eigenvalue weighted by Gasteiger charge is -2.40. The summed E-state index contributed by atoms with van der Waals surface area (Å²) in [6.07, 6.45) is 2.14. The van der Waals surface area contributed by atoms with Crippen molar-refractivity contribution in [1.29, 1.82) is 0 Å². The van der Waals surface area contributed by atoms with Gasteiger partial charge in [0.1, 0.15) is 0 Å². The zero-order valence-corrected chi connectivity index (χ0v) is 15.2. The van der Waals surface area contributed by atoms with Gasteiger partial charge in [-0.2, -0.15) is 0 Å². The molecule has 1 aliphatic rings. The first-order chi connectivity index (χ1) is 12.7. The van der Waals surface area contributed by atoms with Crippen molar-refractivity contribution in [1.82, 2.24) is 10.0 Å². The number of para-hydroxylation sites is 1. The third-order valence-corrected chi connectivity index (χ3v) is 5.02. The van der Waals surface area contributed by atoms with Crippen molar-refractivity contribution in [3.05, 3.63) is 107 Å². The normalized spacial score (nSPS) is 17.2. The Labute approximate surface area is 154 Å². The van der Waals surface area contributed by atoms with Crippen molar-refractivity contribution in [2.45, 2.75) is 19.1 Å². The van der Waals surface area contributed by atoms with Crippen molar-refractivity contribution >= 4 is 6.20 Å². The molecule has 3 nitrogen and oxygen atoms in total. The van der Waals surface area contributed by atoms with Crippen LogP contribution in [0.1, 0.15) is 30.3 Å². The van der Waals surface area contributed by atoms with Gasteiger partial charge in [-0.1, -0.05) is 78.9 Å². The summed E-state index contributed by atoms with van der Waals surface area (Å²) in [6, 6.07) is 29.6. The number of benzene rings is 3. The van der Waals surface area contributed by atoms with Gasteiger partial charge in [-0.05, 0) is 24.1 Å². The fourth-order valence-electron chi connectivity index (χ4n) is 3.38. The zero-order chi connectivity index (χ0) is 17.9. The van der Waals surface area contributed by atoms with Crippen LogP contribution in [0.25, 0.3) is 6.20 Å². The first-order valence-electron chi connectivity index (χ1n) is 9.00. The molecular weight excluding hydrogens is 318 g/mol. The summed E-state index contributed by atoms with van der Waals surface area (Å²) in [5, 5.41) is 6.70. The van der Waals surface area contributed by atoms with Crippen LogP contribution in [0, 0.1) is 0 Å². The molecule has 26 heavy (non-hydrogen) atoms. The molecule has 0 radical (unpaired) electrons. The Morgan fingerprint density at radius 3 is 2.19 bits per heavy atom. The SMILES string of the molecule is CC(c1ccccc1)N(C)N1C=c2ccccc2=N[C@@H]1c1ccccc1. The van der Waals surface area contributed by atoms with Crippen LogP contribution in [0.15, 0.2) is 89.9 Å². The Hall–Kier alpha value is -2.91. The van der Waals surface area contributed by atoms with Gasteiger partial charge in [-0.25, -0.2) is 5.01 Å². The number of hydrogen-bond donors (Lipinski definition) is 0. The van der Waals surface area contributed by atoms with E-state index in [1.807, 2.05) is 12.1 Å². The molecule has 0 fully saturated rings. The largest absolute Gasteiger partial charge is 0.284 e. The summed E-state index contributed by atoms with van der Waals surface area (Å²) >= 11 is 0. The van der Waals surface area contributed by atoms with Crippen molar-refractivity contribution in [3.63, 3.8) is 0 Å². The predicted molar refractivity (Wildman–Crippen MR) is 105 cm³/mol. The summed E-state index contributed by atoms with van der Waals surface area (Å²) < 4.78 is 0. The molecule has 3 aromatic rings. The highest BCUT2D eigenvalue weighted by Gasteiger charge is 2.26. The molecule has 0 amide bonds. The molecule has 0 saturated carbocycles. The summed E-state index contributed by atoms with van der Waals surface area (Å²) in [5.41, 5.74) is 2.47. The van der Waals surface area contributed by atoms with Crippen LogP contribution in [0.3, 0.4) is 0 Å². The molecule has 0 aromatic heterocycles. The lowest BCUT2D eigenvalue weighted by Crippen LogP contribution is -2.46. The maximum Gasteiger partial charge on any atom is 0.161 e. The molecule has 0 saturated heterocycles. The zero-order valence-electron chi connectivity index (χ0n) is 15.2. The van der Waals surface area contributed by atoms with Crippen molar-refractivity contribution in [2.75, 3.05) is 7.05 Å². The van der Waals surface area contributed by atoms with Gasteiger partial charge < -0.3 is 0 Å². The van der Waals surface area contributed by atoms with Gasteiger partial charge in [0.05, 0.1) is 11.4 Å². The molecule has 3 aromatic carbocycles. The number of hydrogen-bond acceptors (Lipinski definition) is 3. The minimum absolute atomic E-state index is 0.0673. The topological polar surface area (TPSA) is 18.8 Å². The average molecular weight is 341 g/mol. The highest BCUT2D eigenvalue weighted by molar-refractivity contribution is 5.30. The van der Waals surface area contributed by atoms with E-state index >= 15 is 0 Å². The Bertz CT molecular complexity index is 983. The minimum Gasteiger partial charge on any atom is -0.284 e. The Morgan fingerprint density at radius 1 is 0.846 bits per heavy atom. The fourth-order valence-corrected chi connectivity index (χ4v) is 3.38. The predicted octanol–water partition coefficient (Wildman–Crippen LogP) is 3.67. The van der Waals surface area contributed by atoms with Crippen molar-refractivity contribution < 1.29 is 0 Å². The molecule has 130 valence electrons. The average Bonchev–Trinajstić information content (AvgIpc) is 2.73. The van der Waals surface area contributed by atoms with E-state index < -0.39 is 0 Å². The molecule has 1 heterocycles. The standard InChI is InChI=1S/C23H23N3/c1-18(19-11-5-3-6-12-19)25(2)26-17-21-15-9-10-16-22(21)24-23(26)20-13-7-4-8-14-20/h3-18,23H,1-2H3/t18?,23-/m0/s1. The van der Waals surface area contributed by atoms with Gasteiger partial charge in [-0.3, -0.25) is 10.0 Å². The first-order valence-corrected chi connectivity index (χ1v) is 9.00. The second kappa shape index (κ2) is 7.14. The van der Waals surface area contributed by atoms with Crippen LogP contribution in [0.5, 0.6) is 0 Å². The van der Waals surface area contributed by atoms with E-state index in [1.165, 1.54) is 11.1 Å². The third kappa shape index (κ3) is 3.14. The van der Waals surface area contributed by atoms with Gasteiger partial charge in [0.25, 0.3) is 0 Å². The highest BCUT2D eigenvalue weighted by Crippen LogP contribution is 2.29. The first kappa shape index (κ1) is 16.6. The number of fused-ring (bicyclic) bond motifs is 1. The quantitative estimate of drug-likeness (QED) is 0.721. The molecule has 1 unspecified atom stereocenters. The molecule has 0 aliphatic carbocycles. The molecule has 3 heteroatoms. The highest BCUT2D eigenvalue weighted by atomic mass is 15.6. The van der Waals surface area contributed by atoms with E-state index in [0.717, 1.165) is 10.6 Å². The molecule has 0 bridgehead atoms. The van der Waals surface area contributed by atoms with Crippen LogP contribution in [-0.2, 0) is 0 Å². The lowest BCUT2D eigenvalue weighted by atomic mass is 10.1. The van der Waals surface area contributed by atoms with Gasteiger partial charge >= 0.3 is 0 Å². The Kier molecular flexibility index (Phi) is 4.55. The van der Waals surface area contributed by atoms with Crippen molar-refractivity contribution in [2.24, 2.45) is 4.99 Å². The Balaban J connectivity index is 1.77. The van der Waals surface area contributed by atoms with E-state index in [1.54, 1.807) is 0 Å². The van der Waals surface area contributed by atoms with Crippen molar-refractivity contribution in [3.8, 4) is 0 Å². The molecule has 0 N–H and O–H groups in total. The maximum absolute atomic E-state index is 5.05. The Morgan fingerprint density at radius 2 is 1.46 bits per heavy atom. The van der Waals surface area contributed by atoms with Crippen LogP contribution in [-0.4, -0.2) is 17.1 Å². The molecular formula is C23H23N3. The van der Waals surface area contributed by atoms with Crippen LogP contribution in [0.4, 0.5) is 0 Å². The fraction of sp³-hybridized carbons (Fsp3) is 0.174. The molecule has 2 atom stereocenters. The van der Waals surface area contributed by atoms with E-state index in [9.17, 15) is 0 Å². The number of hydrazine groups is 1. The van der Waals surface area contributed by atoms with Gasteiger partial charge in [0, 0.05) is 18.5 Å². The van der Waals surface area contributed by atoms with E-state index in [4.69, 9.17) is 4.99 Å². The monoisotopic (exact) mass is 341 g/mol. The number of nitrogens with zero attached hydrogens (tertiary/aromatic N) is 3. The summed E-state index contributed by atoms with van der Waals surface area (Å²) in [4.78, 5) is 5.05. The second-order valence-corrected chi connectivity index (χ2v) is 6.64. The van der Waals surface area contributed by atoms with E-state index in [0.29, 0.717) is 0 Å². The van der Waals surface area contributed by atoms with Gasteiger partial charge in [-0.15, -0.1) is 0 Å². The van der Waals surface area contributed by atoms with Crippen LogP contribution in [0.2, 0.25) is 0 Å². The van der Waals surface area contributed by atoms with E-state index in [-0.39, 0.29) is 12.2 Å². The van der Waals surface area contributed by atoms with Crippen LogP contribution >= 0.6 is 0 Å².